The Morgan fingerprint density at radius 2 is 1.76 bits per heavy atom. The van der Waals surface area contributed by atoms with Crippen molar-refractivity contribution >= 4 is 17.7 Å². The standard InChI is InChI=1S/C31H30N4O3/c1-4-17-38-28-15-16-29(22(3)18-28)30-24(21-35(34-30)26-9-7-6-8-10-26)19-23(20-32)31(36)33-25-11-13-27(14-12-25)37-5-2/h6-16,18-19,21H,4-5,17H2,1-3H3,(H,33,36)/b23-19+. The second-order valence-corrected chi connectivity index (χ2v) is 8.62. The van der Waals surface area contributed by atoms with Gasteiger partial charge in [0.15, 0.2) is 0 Å². The van der Waals surface area contributed by atoms with Gasteiger partial charge in [-0.05, 0) is 86.5 Å². The van der Waals surface area contributed by atoms with Gasteiger partial charge in [0.2, 0.25) is 0 Å². The summed E-state index contributed by atoms with van der Waals surface area (Å²) in [6.45, 7) is 7.16. The van der Waals surface area contributed by atoms with Crippen LogP contribution in [-0.4, -0.2) is 28.9 Å². The number of hydrogen-bond acceptors (Lipinski definition) is 5. The number of nitrogens with zero attached hydrogens (tertiary/aromatic N) is 3. The molecule has 0 bridgehead atoms. The molecule has 0 spiro atoms. The summed E-state index contributed by atoms with van der Waals surface area (Å²) in [5.74, 6) is 0.997. The van der Waals surface area contributed by atoms with E-state index in [1.165, 1.54) is 0 Å². The first kappa shape index (κ1) is 26.2. The average Bonchev–Trinajstić information content (AvgIpc) is 3.35. The molecule has 0 aliphatic heterocycles. The monoisotopic (exact) mass is 506 g/mol. The van der Waals surface area contributed by atoms with E-state index >= 15 is 0 Å². The van der Waals surface area contributed by atoms with E-state index < -0.39 is 5.91 Å². The van der Waals surface area contributed by atoms with Crippen molar-refractivity contribution in [3.63, 3.8) is 0 Å². The van der Waals surface area contributed by atoms with Crippen molar-refractivity contribution < 1.29 is 14.3 Å². The lowest BCUT2D eigenvalue weighted by atomic mass is 10.0. The number of anilines is 1. The molecule has 0 radical (unpaired) electrons. The van der Waals surface area contributed by atoms with Crippen molar-refractivity contribution in [2.45, 2.75) is 27.2 Å². The molecule has 4 rings (SSSR count). The number of hydrogen-bond donors (Lipinski definition) is 1. The normalized spacial score (nSPS) is 11.1. The molecule has 1 amide bonds. The molecule has 7 nitrogen and oxygen atoms in total. The molecule has 3 aromatic carbocycles. The van der Waals surface area contributed by atoms with Crippen molar-refractivity contribution in [1.82, 2.24) is 9.78 Å². The number of carbonyl (C=O) groups excluding carboxylic acids is 1. The van der Waals surface area contributed by atoms with Crippen LogP contribution in [0, 0.1) is 18.3 Å². The van der Waals surface area contributed by atoms with Crippen molar-refractivity contribution in [1.29, 1.82) is 5.26 Å². The van der Waals surface area contributed by atoms with Gasteiger partial charge in [0.1, 0.15) is 28.8 Å². The van der Waals surface area contributed by atoms with E-state index in [1.807, 2.05) is 74.6 Å². The van der Waals surface area contributed by atoms with Crippen molar-refractivity contribution in [3.05, 3.63) is 95.7 Å². The maximum absolute atomic E-state index is 13.0. The second-order valence-electron chi connectivity index (χ2n) is 8.62. The Kier molecular flexibility index (Phi) is 8.57. The Bertz CT molecular complexity index is 1470. The number of ether oxygens (including phenoxy) is 2. The summed E-state index contributed by atoms with van der Waals surface area (Å²) in [5.41, 5.74) is 4.58. The first-order chi connectivity index (χ1) is 18.5. The zero-order valence-corrected chi connectivity index (χ0v) is 21.8. The number of aromatic nitrogens is 2. The molecule has 0 fully saturated rings. The lowest BCUT2D eigenvalue weighted by Crippen LogP contribution is -2.13. The maximum Gasteiger partial charge on any atom is 0.266 e. The molecule has 0 atom stereocenters. The van der Waals surface area contributed by atoms with Crippen LogP contribution in [-0.2, 0) is 4.79 Å². The molecule has 0 aliphatic carbocycles. The van der Waals surface area contributed by atoms with Crippen LogP contribution in [0.1, 0.15) is 31.4 Å². The first-order valence-electron chi connectivity index (χ1n) is 12.6. The van der Waals surface area contributed by atoms with E-state index in [9.17, 15) is 10.1 Å². The highest BCUT2D eigenvalue weighted by molar-refractivity contribution is 6.10. The van der Waals surface area contributed by atoms with E-state index in [-0.39, 0.29) is 5.57 Å². The molecule has 0 saturated heterocycles. The maximum atomic E-state index is 13.0. The molecule has 7 heteroatoms. The predicted molar refractivity (Wildman–Crippen MR) is 149 cm³/mol. The fourth-order valence-electron chi connectivity index (χ4n) is 3.93. The van der Waals surface area contributed by atoms with Crippen molar-refractivity contribution in [3.8, 4) is 34.5 Å². The van der Waals surface area contributed by atoms with Crippen LogP contribution in [0.2, 0.25) is 0 Å². The molecule has 0 aliphatic rings. The number of para-hydroxylation sites is 1. The van der Waals surface area contributed by atoms with Crippen LogP contribution in [0.4, 0.5) is 5.69 Å². The smallest absolute Gasteiger partial charge is 0.266 e. The van der Waals surface area contributed by atoms with Gasteiger partial charge >= 0.3 is 0 Å². The van der Waals surface area contributed by atoms with Gasteiger partial charge in [-0.15, -0.1) is 0 Å². The summed E-state index contributed by atoms with van der Waals surface area (Å²) in [7, 11) is 0. The lowest BCUT2D eigenvalue weighted by Gasteiger charge is -2.09. The number of benzene rings is 3. The summed E-state index contributed by atoms with van der Waals surface area (Å²) in [5, 5.41) is 17.5. The fourth-order valence-corrected chi connectivity index (χ4v) is 3.93. The fraction of sp³-hybridized carbons (Fsp3) is 0.194. The Morgan fingerprint density at radius 1 is 1.03 bits per heavy atom. The molecule has 0 saturated carbocycles. The minimum Gasteiger partial charge on any atom is -0.494 e. The number of nitrogens with one attached hydrogen (secondary N) is 1. The molecular formula is C31H30N4O3. The molecule has 38 heavy (non-hydrogen) atoms. The Hall–Kier alpha value is -4.83. The first-order valence-corrected chi connectivity index (χ1v) is 12.6. The molecule has 1 N–H and O–H groups in total. The third-order valence-corrected chi connectivity index (χ3v) is 5.78. The summed E-state index contributed by atoms with van der Waals surface area (Å²) in [4.78, 5) is 13.0. The topological polar surface area (TPSA) is 89.2 Å². The zero-order valence-electron chi connectivity index (χ0n) is 21.8. The van der Waals surface area contributed by atoms with Crippen LogP contribution >= 0.6 is 0 Å². The van der Waals surface area contributed by atoms with Gasteiger partial charge in [-0.2, -0.15) is 10.4 Å². The van der Waals surface area contributed by atoms with Gasteiger partial charge < -0.3 is 14.8 Å². The van der Waals surface area contributed by atoms with Crippen LogP contribution < -0.4 is 14.8 Å². The van der Waals surface area contributed by atoms with Gasteiger partial charge in [0.25, 0.3) is 5.91 Å². The number of rotatable bonds is 10. The van der Waals surface area contributed by atoms with E-state index in [2.05, 4.69) is 12.2 Å². The highest BCUT2D eigenvalue weighted by Gasteiger charge is 2.17. The molecule has 1 aromatic heterocycles. The highest BCUT2D eigenvalue weighted by Crippen LogP contribution is 2.31. The van der Waals surface area contributed by atoms with E-state index in [1.54, 1.807) is 35.0 Å². The summed E-state index contributed by atoms with van der Waals surface area (Å²) >= 11 is 0. The Labute approximate surface area is 223 Å². The van der Waals surface area contributed by atoms with E-state index in [0.29, 0.717) is 35.9 Å². The summed E-state index contributed by atoms with van der Waals surface area (Å²) < 4.78 is 13.0. The summed E-state index contributed by atoms with van der Waals surface area (Å²) in [6.07, 6.45) is 4.33. The second kappa shape index (κ2) is 12.4. The van der Waals surface area contributed by atoms with Crippen molar-refractivity contribution in [2.24, 2.45) is 0 Å². The van der Waals surface area contributed by atoms with Gasteiger partial charge in [-0.1, -0.05) is 25.1 Å². The van der Waals surface area contributed by atoms with Crippen LogP contribution in [0.5, 0.6) is 11.5 Å². The van der Waals surface area contributed by atoms with Crippen LogP contribution in [0.25, 0.3) is 23.0 Å². The average molecular weight is 507 g/mol. The third-order valence-electron chi connectivity index (χ3n) is 5.78. The predicted octanol–water partition coefficient (Wildman–Crippen LogP) is 6.58. The Balaban J connectivity index is 1.70. The van der Waals surface area contributed by atoms with Crippen molar-refractivity contribution in [2.75, 3.05) is 18.5 Å². The summed E-state index contributed by atoms with van der Waals surface area (Å²) in [6, 6.07) is 24.6. The SMILES string of the molecule is CCCOc1ccc(-c2nn(-c3ccccc3)cc2/C=C(\C#N)C(=O)Nc2ccc(OCC)cc2)c(C)c1. The molecule has 4 aromatic rings. The van der Waals surface area contributed by atoms with E-state index in [4.69, 9.17) is 14.6 Å². The van der Waals surface area contributed by atoms with Gasteiger partial charge in [-0.25, -0.2) is 4.68 Å². The molecular weight excluding hydrogens is 476 g/mol. The van der Waals surface area contributed by atoms with E-state index in [0.717, 1.165) is 29.0 Å². The van der Waals surface area contributed by atoms with Crippen LogP contribution in [0.3, 0.4) is 0 Å². The molecule has 192 valence electrons. The highest BCUT2D eigenvalue weighted by atomic mass is 16.5. The molecule has 0 unspecified atom stereocenters. The van der Waals surface area contributed by atoms with Gasteiger partial charge in [0, 0.05) is 23.0 Å². The lowest BCUT2D eigenvalue weighted by molar-refractivity contribution is -0.112. The number of nitriles is 1. The minimum absolute atomic E-state index is 0.0340. The Morgan fingerprint density at radius 3 is 2.42 bits per heavy atom. The molecule has 1 heterocycles. The van der Waals surface area contributed by atoms with Gasteiger partial charge in [-0.3, -0.25) is 4.79 Å². The zero-order chi connectivity index (χ0) is 26.9. The largest absolute Gasteiger partial charge is 0.494 e. The number of carbonyl (C=O) groups is 1. The minimum atomic E-state index is -0.505. The van der Waals surface area contributed by atoms with Crippen LogP contribution in [0.15, 0.2) is 84.6 Å². The number of amides is 1. The quantitative estimate of drug-likeness (QED) is 0.194. The van der Waals surface area contributed by atoms with Gasteiger partial charge in [0.05, 0.1) is 18.9 Å². The third kappa shape index (κ3) is 6.29. The number of aryl methyl sites for hydroxylation is 1.